The molecule has 0 aromatic rings. The van der Waals surface area contributed by atoms with Crippen molar-refractivity contribution in [2.75, 3.05) is 20.3 Å². The first-order valence-corrected chi connectivity index (χ1v) is 4.77. The maximum Gasteiger partial charge on any atom is 0.211 e. The van der Waals surface area contributed by atoms with Crippen LogP contribution in [0, 0.1) is 0 Å². The molecule has 0 radical (unpaired) electrons. The highest BCUT2D eigenvalue weighted by atomic mass is 16.5. The number of methoxy groups -OCH3 is 1. The highest BCUT2D eigenvalue weighted by Crippen LogP contribution is 2.19. The van der Waals surface area contributed by atoms with E-state index in [1.54, 1.807) is 13.2 Å². The zero-order valence-electron chi connectivity index (χ0n) is 9.04. The smallest absolute Gasteiger partial charge is 0.211 e. The van der Waals surface area contributed by atoms with E-state index in [1.807, 2.05) is 13.8 Å². The Kier molecular flexibility index (Phi) is 3.52. The third kappa shape index (κ3) is 2.73. The fraction of sp³-hybridized carbons (Fsp3) is 0.700. The molecule has 4 heteroatoms. The van der Waals surface area contributed by atoms with E-state index in [4.69, 9.17) is 15.2 Å². The van der Waals surface area contributed by atoms with Gasteiger partial charge in [-0.1, -0.05) is 6.92 Å². The van der Waals surface area contributed by atoms with Crippen LogP contribution in [0.25, 0.3) is 0 Å². The van der Waals surface area contributed by atoms with Crippen LogP contribution in [0.3, 0.4) is 0 Å². The van der Waals surface area contributed by atoms with Crippen LogP contribution in [0.1, 0.15) is 20.3 Å². The van der Waals surface area contributed by atoms with Crippen molar-refractivity contribution < 1.29 is 9.47 Å². The van der Waals surface area contributed by atoms with Crippen LogP contribution in [0.5, 0.6) is 0 Å². The topological polar surface area (TPSA) is 56.8 Å². The lowest BCUT2D eigenvalue weighted by molar-refractivity contribution is 0.121. The molecule has 0 spiro atoms. The van der Waals surface area contributed by atoms with Crippen LogP contribution in [-0.4, -0.2) is 31.8 Å². The summed E-state index contributed by atoms with van der Waals surface area (Å²) in [5.74, 6) is 0.615. The number of hydrogen-bond donors (Lipinski definition) is 1. The first-order valence-electron chi connectivity index (χ1n) is 4.77. The molecule has 14 heavy (non-hydrogen) atoms. The first-order chi connectivity index (χ1) is 6.59. The molecule has 2 N–H and O–H groups in total. The van der Waals surface area contributed by atoms with Crippen LogP contribution in [0.15, 0.2) is 16.8 Å². The SMILES string of the molecule is CCC(N)=CC1=NC(C)(COC)CO1. The van der Waals surface area contributed by atoms with Gasteiger partial charge in [-0.25, -0.2) is 4.99 Å². The number of allylic oxidation sites excluding steroid dienone is 1. The van der Waals surface area contributed by atoms with Crippen molar-refractivity contribution in [3.8, 4) is 0 Å². The van der Waals surface area contributed by atoms with Gasteiger partial charge in [-0.05, 0) is 13.3 Å². The standard InChI is InChI=1S/C10H18N2O2/c1-4-8(11)5-9-12-10(2,6-13-3)7-14-9/h5H,4,6-7,11H2,1-3H3. The van der Waals surface area contributed by atoms with E-state index < -0.39 is 0 Å². The van der Waals surface area contributed by atoms with E-state index in [1.165, 1.54) is 0 Å². The molecule has 1 aliphatic rings. The molecule has 0 saturated carbocycles. The number of nitrogens with zero attached hydrogens (tertiary/aromatic N) is 1. The van der Waals surface area contributed by atoms with Crippen molar-refractivity contribution in [1.82, 2.24) is 0 Å². The van der Waals surface area contributed by atoms with Gasteiger partial charge in [-0.15, -0.1) is 0 Å². The molecule has 4 nitrogen and oxygen atoms in total. The van der Waals surface area contributed by atoms with Crippen molar-refractivity contribution in [3.63, 3.8) is 0 Å². The summed E-state index contributed by atoms with van der Waals surface area (Å²) in [6.45, 7) is 5.12. The molecule has 1 aliphatic heterocycles. The number of ether oxygens (including phenoxy) is 2. The molecule has 1 atom stereocenters. The van der Waals surface area contributed by atoms with Crippen molar-refractivity contribution in [1.29, 1.82) is 0 Å². The van der Waals surface area contributed by atoms with Crippen molar-refractivity contribution >= 4 is 5.90 Å². The lowest BCUT2D eigenvalue weighted by Crippen LogP contribution is -2.29. The third-order valence-electron chi connectivity index (χ3n) is 2.08. The maximum absolute atomic E-state index is 5.68. The monoisotopic (exact) mass is 198 g/mol. The number of rotatable bonds is 4. The van der Waals surface area contributed by atoms with Gasteiger partial charge in [-0.2, -0.15) is 0 Å². The highest BCUT2D eigenvalue weighted by Gasteiger charge is 2.30. The van der Waals surface area contributed by atoms with Crippen LogP contribution in [0.2, 0.25) is 0 Å². The molecule has 1 heterocycles. The zero-order chi connectivity index (χ0) is 10.6. The molecule has 1 rings (SSSR count). The van der Waals surface area contributed by atoms with Gasteiger partial charge < -0.3 is 15.2 Å². The van der Waals surface area contributed by atoms with Gasteiger partial charge in [0.1, 0.15) is 12.1 Å². The molecular weight excluding hydrogens is 180 g/mol. The van der Waals surface area contributed by atoms with Gasteiger partial charge in [-0.3, -0.25) is 0 Å². The lowest BCUT2D eigenvalue weighted by Gasteiger charge is -2.15. The Balaban J connectivity index is 2.66. The lowest BCUT2D eigenvalue weighted by atomic mass is 10.1. The van der Waals surface area contributed by atoms with Gasteiger partial charge in [0, 0.05) is 18.9 Å². The Morgan fingerprint density at radius 3 is 3.07 bits per heavy atom. The molecule has 1 unspecified atom stereocenters. The number of hydrogen-bond acceptors (Lipinski definition) is 4. The Hall–Kier alpha value is -1.03. The van der Waals surface area contributed by atoms with E-state index in [-0.39, 0.29) is 5.54 Å². The second kappa shape index (κ2) is 4.46. The van der Waals surface area contributed by atoms with E-state index >= 15 is 0 Å². The summed E-state index contributed by atoms with van der Waals surface area (Å²) >= 11 is 0. The zero-order valence-corrected chi connectivity index (χ0v) is 9.04. The van der Waals surface area contributed by atoms with Gasteiger partial charge in [0.15, 0.2) is 0 Å². The summed E-state index contributed by atoms with van der Waals surface area (Å²) in [6, 6.07) is 0. The predicted molar refractivity (Wildman–Crippen MR) is 56.2 cm³/mol. The second-order valence-electron chi connectivity index (χ2n) is 3.74. The third-order valence-corrected chi connectivity index (χ3v) is 2.08. The molecule has 0 aromatic carbocycles. The van der Waals surface area contributed by atoms with Crippen LogP contribution in [0.4, 0.5) is 0 Å². The summed E-state index contributed by atoms with van der Waals surface area (Å²) in [5.41, 5.74) is 6.21. The fourth-order valence-electron chi connectivity index (χ4n) is 1.28. The van der Waals surface area contributed by atoms with Gasteiger partial charge in [0.05, 0.1) is 6.61 Å². The van der Waals surface area contributed by atoms with E-state index in [2.05, 4.69) is 4.99 Å². The minimum atomic E-state index is -0.255. The normalized spacial score (nSPS) is 27.4. The van der Waals surface area contributed by atoms with Crippen molar-refractivity contribution in [3.05, 3.63) is 11.8 Å². The molecular formula is C10H18N2O2. The quantitative estimate of drug-likeness (QED) is 0.735. The minimum absolute atomic E-state index is 0.255. The van der Waals surface area contributed by atoms with Crippen molar-refractivity contribution in [2.24, 2.45) is 10.7 Å². The predicted octanol–water partition coefficient (Wildman–Crippen LogP) is 1.07. The van der Waals surface area contributed by atoms with Crippen LogP contribution in [-0.2, 0) is 9.47 Å². The maximum atomic E-state index is 5.68. The van der Waals surface area contributed by atoms with E-state index in [9.17, 15) is 0 Å². The fourth-order valence-corrected chi connectivity index (χ4v) is 1.28. The molecule has 0 saturated heterocycles. The van der Waals surface area contributed by atoms with Crippen molar-refractivity contribution in [2.45, 2.75) is 25.8 Å². The van der Waals surface area contributed by atoms with Crippen LogP contribution < -0.4 is 5.73 Å². The molecule has 0 fully saturated rings. The molecule has 0 amide bonds. The number of nitrogens with two attached hydrogens (primary N) is 1. The van der Waals surface area contributed by atoms with Crippen LogP contribution >= 0.6 is 0 Å². The summed E-state index contributed by atoms with van der Waals surface area (Å²) in [5, 5.41) is 0. The van der Waals surface area contributed by atoms with Gasteiger partial charge >= 0.3 is 0 Å². The molecule has 0 aliphatic carbocycles. The average molecular weight is 198 g/mol. The van der Waals surface area contributed by atoms with Gasteiger partial charge in [0.25, 0.3) is 0 Å². The van der Waals surface area contributed by atoms with Gasteiger partial charge in [0.2, 0.25) is 5.90 Å². The Bertz CT molecular complexity index is 261. The van der Waals surface area contributed by atoms with E-state index in [0.29, 0.717) is 19.1 Å². The van der Waals surface area contributed by atoms with E-state index in [0.717, 1.165) is 12.1 Å². The molecule has 0 aromatic heterocycles. The second-order valence-corrected chi connectivity index (χ2v) is 3.74. The minimum Gasteiger partial charge on any atom is -0.475 e. The molecule has 0 bridgehead atoms. The highest BCUT2D eigenvalue weighted by molar-refractivity contribution is 5.89. The summed E-state index contributed by atoms with van der Waals surface area (Å²) < 4.78 is 10.5. The number of aliphatic imine (C=N–C) groups is 1. The summed E-state index contributed by atoms with van der Waals surface area (Å²) in [7, 11) is 1.66. The average Bonchev–Trinajstić information content (AvgIpc) is 2.48. The summed E-state index contributed by atoms with van der Waals surface area (Å²) in [6.07, 6.45) is 2.59. The Morgan fingerprint density at radius 2 is 2.50 bits per heavy atom. The largest absolute Gasteiger partial charge is 0.475 e. The summed E-state index contributed by atoms with van der Waals surface area (Å²) in [4.78, 5) is 4.41. The molecule has 80 valence electrons. The first kappa shape index (κ1) is 11.0. The Labute approximate surface area is 84.8 Å². The Morgan fingerprint density at radius 1 is 1.79 bits per heavy atom.